The van der Waals surface area contributed by atoms with Crippen LogP contribution in [0.2, 0.25) is 0 Å². The molecule has 0 unspecified atom stereocenters. The second-order valence-electron chi connectivity index (χ2n) is 8.71. The third kappa shape index (κ3) is 5.43. The lowest BCUT2D eigenvalue weighted by Gasteiger charge is -2.26. The number of rotatable bonds is 8. The average Bonchev–Trinajstić information content (AvgIpc) is 3.28. The van der Waals surface area contributed by atoms with E-state index in [9.17, 15) is 9.18 Å². The largest absolute Gasteiger partial charge is 0.496 e. The first kappa shape index (κ1) is 24.3. The van der Waals surface area contributed by atoms with Gasteiger partial charge in [-0.15, -0.1) is 10.2 Å². The Bertz CT molecular complexity index is 1110. The van der Waals surface area contributed by atoms with Crippen molar-refractivity contribution in [1.29, 1.82) is 0 Å². The van der Waals surface area contributed by atoms with E-state index >= 15 is 0 Å². The SMILES string of the molecule is COc1ccccc1-c1nnc(S[C@H](C)C(=O)N[C@H](C)c2ccc(F)cc2)n1C1CCCCC1. The van der Waals surface area contributed by atoms with Crippen molar-refractivity contribution in [2.45, 2.75) is 68.4 Å². The monoisotopic (exact) mass is 482 g/mol. The Balaban J connectivity index is 1.56. The number of benzene rings is 2. The standard InChI is InChI=1S/C26H31FN4O2S/c1-17(19-13-15-20(27)16-14-19)28-25(32)18(2)34-26-30-29-24(22-11-7-8-12-23(22)33-3)31(26)21-9-5-4-6-10-21/h7-8,11-18,21H,4-6,9-10H2,1-3H3,(H,28,32)/t17-,18-/m1/s1. The zero-order valence-electron chi connectivity index (χ0n) is 19.8. The van der Waals surface area contributed by atoms with Gasteiger partial charge in [-0.3, -0.25) is 9.36 Å². The van der Waals surface area contributed by atoms with Gasteiger partial charge in [0.05, 0.1) is 24.0 Å². The highest BCUT2D eigenvalue weighted by atomic mass is 32.2. The number of ether oxygens (including phenoxy) is 1. The van der Waals surface area contributed by atoms with Crippen molar-refractivity contribution in [2.75, 3.05) is 7.11 Å². The van der Waals surface area contributed by atoms with Gasteiger partial charge >= 0.3 is 0 Å². The van der Waals surface area contributed by atoms with E-state index in [1.54, 1.807) is 19.2 Å². The van der Waals surface area contributed by atoms with Crippen LogP contribution in [0.1, 0.15) is 63.6 Å². The van der Waals surface area contributed by atoms with Crippen molar-refractivity contribution < 1.29 is 13.9 Å². The molecule has 0 aliphatic heterocycles. The molecule has 3 aromatic rings. The molecule has 8 heteroatoms. The highest BCUT2D eigenvalue weighted by Gasteiger charge is 2.28. The van der Waals surface area contributed by atoms with Crippen LogP contribution >= 0.6 is 11.8 Å². The molecule has 0 spiro atoms. The van der Waals surface area contributed by atoms with Crippen LogP contribution in [0, 0.1) is 5.82 Å². The van der Waals surface area contributed by atoms with Crippen LogP contribution in [0.4, 0.5) is 4.39 Å². The quantitative estimate of drug-likeness (QED) is 0.402. The highest BCUT2D eigenvalue weighted by molar-refractivity contribution is 8.00. The number of nitrogens with zero attached hydrogens (tertiary/aromatic N) is 3. The molecule has 6 nitrogen and oxygen atoms in total. The summed E-state index contributed by atoms with van der Waals surface area (Å²) in [5.74, 6) is 1.14. The zero-order valence-corrected chi connectivity index (χ0v) is 20.6. The van der Waals surface area contributed by atoms with Gasteiger partial charge in [-0.1, -0.05) is 55.3 Å². The van der Waals surface area contributed by atoms with E-state index in [1.165, 1.54) is 43.2 Å². The third-order valence-electron chi connectivity index (χ3n) is 6.33. The summed E-state index contributed by atoms with van der Waals surface area (Å²) in [4.78, 5) is 13.0. The van der Waals surface area contributed by atoms with Crippen LogP contribution < -0.4 is 10.1 Å². The van der Waals surface area contributed by atoms with Gasteiger partial charge in [0.15, 0.2) is 11.0 Å². The Hall–Kier alpha value is -2.87. The first-order chi connectivity index (χ1) is 16.5. The van der Waals surface area contributed by atoms with E-state index in [0.717, 1.165) is 40.7 Å². The Kier molecular flexibility index (Phi) is 7.88. The molecule has 1 heterocycles. The van der Waals surface area contributed by atoms with Crippen LogP contribution in [0.5, 0.6) is 5.75 Å². The molecule has 1 aliphatic rings. The topological polar surface area (TPSA) is 69.0 Å². The summed E-state index contributed by atoms with van der Waals surface area (Å²) in [6.07, 6.45) is 5.71. The summed E-state index contributed by atoms with van der Waals surface area (Å²) in [6.45, 7) is 3.77. The van der Waals surface area contributed by atoms with Crippen molar-refractivity contribution in [1.82, 2.24) is 20.1 Å². The number of carbonyl (C=O) groups excluding carboxylic acids is 1. The van der Waals surface area contributed by atoms with Crippen LogP contribution in [-0.2, 0) is 4.79 Å². The average molecular weight is 483 g/mol. The van der Waals surface area contributed by atoms with E-state index in [2.05, 4.69) is 20.1 Å². The number of amides is 1. The Morgan fingerprint density at radius 1 is 1.09 bits per heavy atom. The van der Waals surface area contributed by atoms with Crippen LogP contribution in [-0.4, -0.2) is 33.0 Å². The minimum absolute atomic E-state index is 0.0983. The number of nitrogens with one attached hydrogen (secondary N) is 1. The molecule has 34 heavy (non-hydrogen) atoms. The van der Waals surface area contributed by atoms with Crippen LogP contribution in [0.15, 0.2) is 53.7 Å². The Morgan fingerprint density at radius 2 is 1.79 bits per heavy atom. The van der Waals surface area contributed by atoms with Crippen molar-refractivity contribution in [3.63, 3.8) is 0 Å². The lowest BCUT2D eigenvalue weighted by Crippen LogP contribution is -2.33. The number of hydrogen-bond donors (Lipinski definition) is 1. The minimum atomic E-state index is -0.375. The predicted molar refractivity (Wildman–Crippen MR) is 132 cm³/mol. The van der Waals surface area contributed by atoms with Crippen molar-refractivity contribution >= 4 is 17.7 Å². The first-order valence-corrected chi connectivity index (χ1v) is 12.7. The summed E-state index contributed by atoms with van der Waals surface area (Å²) < 4.78 is 21.0. The van der Waals surface area contributed by atoms with Gasteiger partial charge in [-0.2, -0.15) is 0 Å². The molecule has 1 aliphatic carbocycles. The molecule has 1 fully saturated rings. The molecular formula is C26H31FN4O2S. The third-order valence-corrected chi connectivity index (χ3v) is 7.39. The first-order valence-electron chi connectivity index (χ1n) is 11.8. The smallest absolute Gasteiger partial charge is 0.233 e. The molecule has 4 rings (SSSR count). The lowest BCUT2D eigenvalue weighted by molar-refractivity contribution is -0.120. The second-order valence-corrected chi connectivity index (χ2v) is 10.0. The summed E-state index contributed by atoms with van der Waals surface area (Å²) in [6, 6.07) is 14.1. The number of aromatic nitrogens is 3. The molecule has 0 radical (unpaired) electrons. The molecule has 1 N–H and O–H groups in total. The number of para-hydroxylation sites is 1. The van der Waals surface area contributed by atoms with Gasteiger partial charge in [0.25, 0.3) is 0 Å². The number of carbonyl (C=O) groups is 1. The number of halogens is 1. The summed E-state index contributed by atoms with van der Waals surface area (Å²) in [7, 11) is 1.66. The molecule has 2 atom stereocenters. The van der Waals surface area contributed by atoms with Crippen LogP contribution in [0.3, 0.4) is 0 Å². The Labute approximate surface area is 204 Å². The van der Waals surface area contributed by atoms with E-state index in [-0.39, 0.29) is 23.0 Å². The van der Waals surface area contributed by atoms with Crippen LogP contribution in [0.25, 0.3) is 11.4 Å². The molecule has 1 amide bonds. The number of thioether (sulfide) groups is 1. The second kappa shape index (κ2) is 11.0. The number of methoxy groups -OCH3 is 1. The summed E-state index contributed by atoms with van der Waals surface area (Å²) >= 11 is 1.42. The van der Waals surface area contributed by atoms with Gasteiger partial charge in [0.2, 0.25) is 5.91 Å². The summed E-state index contributed by atoms with van der Waals surface area (Å²) in [5, 5.41) is 12.5. The van der Waals surface area contributed by atoms with E-state index in [1.807, 2.05) is 38.1 Å². The van der Waals surface area contributed by atoms with Gasteiger partial charge in [-0.25, -0.2) is 4.39 Å². The van der Waals surface area contributed by atoms with E-state index < -0.39 is 0 Å². The van der Waals surface area contributed by atoms with E-state index in [0.29, 0.717) is 6.04 Å². The van der Waals surface area contributed by atoms with Crippen molar-refractivity contribution in [3.8, 4) is 17.1 Å². The molecule has 1 saturated carbocycles. The molecule has 2 aromatic carbocycles. The maximum absolute atomic E-state index is 13.2. The predicted octanol–water partition coefficient (Wildman–Crippen LogP) is 5.96. The maximum atomic E-state index is 13.2. The molecule has 180 valence electrons. The fourth-order valence-electron chi connectivity index (χ4n) is 4.42. The fourth-order valence-corrected chi connectivity index (χ4v) is 5.34. The highest BCUT2D eigenvalue weighted by Crippen LogP contribution is 2.38. The Morgan fingerprint density at radius 3 is 2.50 bits per heavy atom. The van der Waals surface area contributed by atoms with E-state index in [4.69, 9.17) is 4.74 Å². The molecule has 1 aromatic heterocycles. The minimum Gasteiger partial charge on any atom is -0.496 e. The molecular weight excluding hydrogens is 451 g/mol. The normalized spacial score (nSPS) is 16.1. The number of hydrogen-bond acceptors (Lipinski definition) is 5. The van der Waals surface area contributed by atoms with Crippen molar-refractivity contribution in [3.05, 3.63) is 59.9 Å². The summed E-state index contributed by atoms with van der Waals surface area (Å²) in [5.41, 5.74) is 1.76. The molecule has 0 bridgehead atoms. The van der Waals surface area contributed by atoms with Gasteiger partial charge in [0.1, 0.15) is 11.6 Å². The van der Waals surface area contributed by atoms with Crippen molar-refractivity contribution in [2.24, 2.45) is 0 Å². The fraction of sp³-hybridized carbons (Fsp3) is 0.423. The zero-order chi connectivity index (χ0) is 24.1. The lowest BCUT2D eigenvalue weighted by atomic mass is 9.95. The van der Waals surface area contributed by atoms with Gasteiger partial charge < -0.3 is 10.1 Å². The van der Waals surface area contributed by atoms with Gasteiger partial charge in [0, 0.05) is 6.04 Å². The maximum Gasteiger partial charge on any atom is 0.233 e. The van der Waals surface area contributed by atoms with Gasteiger partial charge in [-0.05, 0) is 56.5 Å². The molecule has 0 saturated heterocycles.